The number of carbonyl (C=O) groups excluding carboxylic acids is 1. The van der Waals surface area contributed by atoms with Crippen molar-refractivity contribution in [3.05, 3.63) is 63.7 Å². The van der Waals surface area contributed by atoms with Gasteiger partial charge < -0.3 is 10.1 Å². The number of aryl methyl sites for hydroxylation is 1. The van der Waals surface area contributed by atoms with Crippen molar-refractivity contribution < 1.29 is 14.5 Å². The molecule has 0 bridgehead atoms. The lowest BCUT2D eigenvalue weighted by molar-refractivity contribution is -0.385. The molecule has 2 aromatic carbocycles. The predicted molar refractivity (Wildman–Crippen MR) is 104 cm³/mol. The Bertz CT molecular complexity index is 822. The molecule has 2 N–H and O–H groups in total. The van der Waals surface area contributed by atoms with Gasteiger partial charge in [0.15, 0.2) is 11.7 Å². The van der Waals surface area contributed by atoms with Crippen LogP contribution >= 0.6 is 12.2 Å². The van der Waals surface area contributed by atoms with Gasteiger partial charge in [-0.3, -0.25) is 20.2 Å². The van der Waals surface area contributed by atoms with E-state index in [1.807, 2.05) is 12.1 Å². The van der Waals surface area contributed by atoms with Crippen LogP contribution in [0.2, 0.25) is 0 Å². The quantitative estimate of drug-likeness (QED) is 0.458. The van der Waals surface area contributed by atoms with Crippen molar-refractivity contribution in [3.8, 4) is 5.75 Å². The smallest absolute Gasteiger partial charge is 0.274 e. The van der Waals surface area contributed by atoms with Gasteiger partial charge >= 0.3 is 0 Å². The Morgan fingerprint density at radius 2 is 1.92 bits per heavy atom. The van der Waals surface area contributed by atoms with Gasteiger partial charge in [-0.25, -0.2) is 0 Å². The lowest BCUT2D eigenvalue weighted by Gasteiger charge is -2.12. The number of nitro benzene ring substituents is 1. The number of nitrogens with one attached hydrogen (secondary N) is 2. The number of hydrogen-bond donors (Lipinski definition) is 2. The third-order valence-corrected chi connectivity index (χ3v) is 3.91. The van der Waals surface area contributed by atoms with Crippen LogP contribution in [0.15, 0.2) is 42.5 Å². The zero-order valence-electron chi connectivity index (χ0n) is 14.4. The van der Waals surface area contributed by atoms with Gasteiger partial charge in [-0.05, 0) is 49.3 Å². The second kappa shape index (κ2) is 8.91. The van der Waals surface area contributed by atoms with Crippen LogP contribution in [-0.2, 0) is 11.2 Å². The topological polar surface area (TPSA) is 93.5 Å². The molecule has 0 heterocycles. The summed E-state index contributed by atoms with van der Waals surface area (Å²) in [5.41, 5.74) is 2.05. The fraction of sp³-hybridized carbons (Fsp3) is 0.222. The molecular formula is C18H19N3O4S. The summed E-state index contributed by atoms with van der Waals surface area (Å²) in [6.07, 6.45) is 0.928. The average Bonchev–Trinajstić information content (AvgIpc) is 2.62. The van der Waals surface area contributed by atoms with Crippen LogP contribution in [0, 0.1) is 17.0 Å². The molecule has 7 nitrogen and oxygen atoms in total. The van der Waals surface area contributed by atoms with Crippen LogP contribution in [0.25, 0.3) is 0 Å². The van der Waals surface area contributed by atoms with E-state index in [4.69, 9.17) is 17.0 Å². The van der Waals surface area contributed by atoms with Gasteiger partial charge in [0.25, 0.3) is 11.6 Å². The number of ether oxygens (including phenoxy) is 1. The number of anilines is 1. The highest BCUT2D eigenvalue weighted by Gasteiger charge is 2.14. The average molecular weight is 373 g/mol. The van der Waals surface area contributed by atoms with Crippen LogP contribution in [0.1, 0.15) is 18.1 Å². The Morgan fingerprint density at radius 3 is 2.54 bits per heavy atom. The first-order valence-electron chi connectivity index (χ1n) is 7.97. The van der Waals surface area contributed by atoms with E-state index < -0.39 is 10.8 Å². The van der Waals surface area contributed by atoms with Gasteiger partial charge in [0.05, 0.1) is 16.2 Å². The van der Waals surface area contributed by atoms with Crippen molar-refractivity contribution >= 4 is 34.6 Å². The number of nitrogens with zero attached hydrogens (tertiary/aromatic N) is 1. The summed E-state index contributed by atoms with van der Waals surface area (Å²) < 4.78 is 5.40. The number of nitro groups is 1. The number of rotatable bonds is 6. The summed E-state index contributed by atoms with van der Waals surface area (Å²) in [6.45, 7) is 3.47. The maximum Gasteiger partial charge on any atom is 0.274 e. The molecule has 136 valence electrons. The predicted octanol–water partition coefficient (Wildman–Crippen LogP) is 3.36. The summed E-state index contributed by atoms with van der Waals surface area (Å²) >= 11 is 5.08. The Labute approximate surface area is 156 Å². The minimum Gasteiger partial charge on any atom is -0.484 e. The number of benzene rings is 2. The van der Waals surface area contributed by atoms with Gasteiger partial charge in [-0.1, -0.05) is 25.1 Å². The highest BCUT2D eigenvalue weighted by atomic mass is 32.1. The lowest BCUT2D eigenvalue weighted by Crippen LogP contribution is -2.37. The highest BCUT2D eigenvalue weighted by Crippen LogP contribution is 2.24. The molecule has 0 saturated carbocycles. The maximum atomic E-state index is 11.9. The van der Waals surface area contributed by atoms with E-state index in [1.165, 1.54) is 11.6 Å². The third-order valence-electron chi connectivity index (χ3n) is 3.70. The summed E-state index contributed by atoms with van der Waals surface area (Å²) in [4.78, 5) is 22.4. The first kappa shape index (κ1) is 19.3. The zero-order chi connectivity index (χ0) is 19.1. The number of amides is 1. The molecule has 26 heavy (non-hydrogen) atoms. The molecule has 0 aliphatic carbocycles. The van der Waals surface area contributed by atoms with Crippen molar-refractivity contribution in [2.24, 2.45) is 0 Å². The van der Waals surface area contributed by atoms with Crippen LogP contribution < -0.4 is 15.4 Å². The zero-order valence-corrected chi connectivity index (χ0v) is 15.3. The second-order valence-corrected chi connectivity index (χ2v) is 5.90. The number of hydrogen-bond acceptors (Lipinski definition) is 5. The van der Waals surface area contributed by atoms with E-state index in [1.54, 1.807) is 31.2 Å². The summed E-state index contributed by atoms with van der Waals surface area (Å²) in [5.74, 6) is 0.163. The van der Waals surface area contributed by atoms with Gasteiger partial charge in [0.1, 0.15) is 5.75 Å². The molecule has 1 amide bonds. The van der Waals surface area contributed by atoms with Crippen LogP contribution in [0.4, 0.5) is 11.4 Å². The van der Waals surface area contributed by atoms with Gasteiger partial charge in [-0.15, -0.1) is 0 Å². The van der Waals surface area contributed by atoms with E-state index in [-0.39, 0.29) is 17.4 Å². The summed E-state index contributed by atoms with van der Waals surface area (Å²) in [5, 5.41) is 16.3. The molecule has 0 saturated heterocycles. The highest BCUT2D eigenvalue weighted by molar-refractivity contribution is 7.80. The van der Waals surface area contributed by atoms with E-state index in [0.717, 1.165) is 6.42 Å². The molecule has 8 heteroatoms. The number of carbonyl (C=O) groups is 1. The minimum absolute atomic E-state index is 0.0250. The molecule has 0 fully saturated rings. The molecule has 0 unspecified atom stereocenters. The fourth-order valence-corrected chi connectivity index (χ4v) is 2.47. The molecular weight excluding hydrogens is 354 g/mol. The molecule has 0 aliphatic rings. The van der Waals surface area contributed by atoms with Crippen molar-refractivity contribution in [3.63, 3.8) is 0 Å². The van der Waals surface area contributed by atoms with Crippen molar-refractivity contribution in [1.29, 1.82) is 0 Å². The Balaban J connectivity index is 1.88. The summed E-state index contributed by atoms with van der Waals surface area (Å²) in [7, 11) is 0. The molecule has 2 rings (SSSR count). The summed E-state index contributed by atoms with van der Waals surface area (Å²) in [6, 6.07) is 12.1. The molecule has 0 spiro atoms. The Hall–Kier alpha value is -3.00. The van der Waals surface area contributed by atoms with Gasteiger partial charge in [0, 0.05) is 6.07 Å². The standard InChI is InChI=1S/C18H19N3O4S/c1-3-13-7-9-14(10-8-13)25-11-17(22)20-18(26)19-15-5-4-6-16(12(15)2)21(23)24/h4-10H,3,11H2,1-2H3,(H2,19,20,22,26). The SMILES string of the molecule is CCc1ccc(OCC(=O)NC(=S)Nc2cccc([N+](=O)[O-])c2C)cc1. The second-order valence-electron chi connectivity index (χ2n) is 5.50. The van der Waals surface area contributed by atoms with E-state index in [0.29, 0.717) is 17.0 Å². The molecule has 2 aromatic rings. The van der Waals surface area contributed by atoms with Crippen LogP contribution in [0.3, 0.4) is 0 Å². The lowest BCUT2D eigenvalue weighted by atomic mass is 10.1. The fourth-order valence-electron chi connectivity index (χ4n) is 2.24. The first-order chi connectivity index (χ1) is 12.4. The normalized spacial score (nSPS) is 10.1. The van der Waals surface area contributed by atoms with Crippen LogP contribution in [0.5, 0.6) is 5.75 Å². The largest absolute Gasteiger partial charge is 0.484 e. The van der Waals surface area contributed by atoms with E-state index in [9.17, 15) is 14.9 Å². The maximum absolute atomic E-state index is 11.9. The Kier molecular flexibility index (Phi) is 6.62. The first-order valence-corrected chi connectivity index (χ1v) is 8.38. The third kappa shape index (κ3) is 5.25. The Morgan fingerprint density at radius 1 is 1.23 bits per heavy atom. The molecule has 0 radical (unpaired) electrons. The van der Waals surface area contributed by atoms with Gasteiger partial charge in [-0.2, -0.15) is 0 Å². The van der Waals surface area contributed by atoms with E-state index in [2.05, 4.69) is 17.6 Å². The van der Waals surface area contributed by atoms with Crippen molar-refractivity contribution in [1.82, 2.24) is 5.32 Å². The van der Waals surface area contributed by atoms with Crippen molar-refractivity contribution in [2.45, 2.75) is 20.3 Å². The van der Waals surface area contributed by atoms with Gasteiger partial charge in [0.2, 0.25) is 0 Å². The molecule has 0 aromatic heterocycles. The molecule has 0 aliphatic heterocycles. The van der Waals surface area contributed by atoms with Crippen molar-refractivity contribution in [2.75, 3.05) is 11.9 Å². The number of thiocarbonyl (C=S) groups is 1. The molecule has 0 atom stereocenters. The monoisotopic (exact) mass is 373 g/mol. The minimum atomic E-state index is -0.472. The van der Waals surface area contributed by atoms with E-state index >= 15 is 0 Å². The van der Waals surface area contributed by atoms with Crippen LogP contribution in [-0.4, -0.2) is 22.5 Å².